The zero-order valence-electron chi connectivity index (χ0n) is 8.80. The lowest BCUT2D eigenvalue weighted by Crippen LogP contribution is -2.48. The minimum absolute atomic E-state index is 0.250. The first-order chi connectivity index (χ1) is 7.63. The van der Waals surface area contributed by atoms with Crippen molar-refractivity contribution in [2.24, 2.45) is 0 Å². The van der Waals surface area contributed by atoms with Crippen LogP contribution in [0.2, 0.25) is 0 Å². The Kier molecular flexibility index (Phi) is 2.94. The fourth-order valence-corrected chi connectivity index (χ4v) is 1.89. The standard InChI is InChI=1S/C12H14O4/c13-10-7-4-8-12(10,15)11(14)16-9-5-2-1-3-6-9/h1-3,5-6,10,13,15H,4,7-8H2/t10-,12+/m1/s1. The van der Waals surface area contributed by atoms with Gasteiger partial charge < -0.3 is 14.9 Å². The molecule has 0 spiro atoms. The van der Waals surface area contributed by atoms with Crippen LogP contribution in [0, 0.1) is 0 Å². The Hall–Kier alpha value is -1.39. The second-order valence-electron chi connectivity index (χ2n) is 4.03. The molecule has 1 aromatic carbocycles. The summed E-state index contributed by atoms with van der Waals surface area (Å²) in [5.41, 5.74) is -1.74. The number of benzene rings is 1. The van der Waals surface area contributed by atoms with Gasteiger partial charge in [-0.25, -0.2) is 4.79 Å². The highest BCUT2D eigenvalue weighted by Gasteiger charge is 2.48. The Labute approximate surface area is 93.5 Å². The summed E-state index contributed by atoms with van der Waals surface area (Å²) >= 11 is 0. The average Bonchev–Trinajstić information content (AvgIpc) is 2.62. The molecule has 0 aromatic heterocycles. The van der Waals surface area contributed by atoms with Gasteiger partial charge in [-0.2, -0.15) is 0 Å². The van der Waals surface area contributed by atoms with Gasteiger partial charge in [0.15, 0.2) is 5.60 Å². The number of hydrogen-bond donors (Lipinski definition) is 2. The fraction of sp³-hybridized carbons (Fsp3) is 0.417. The Bertz CT molecular complexity index is 376. The summed E-state index contributed by atoms with van der Waals surface area (Å²) in [4.78, 5) is 11.7. The average molecular weight is 222 g/mol. The number of aliphatic hydroxyl groups excluding tert-OH is 1. The minimum atomic E-state index is -1.74. The summed E-state index contributed by atoms with van der Waals surface area (Å²) in [5.74, 6) is -0.399. The molecule has 4 heteroatoms. The summed E-state index contributed by atoms with van der Waals surface area (Å²) in [6.45, 7) is 0. The summed E-state index contributed by atoms with van der Waals surface area (Å²) in [7, 11) is 0. The predicted octanol–water partition coefficient (Wildman–Crippen LogP) is 0.868. The number of hydrogen-bond acceptors (Lipinski definition) is 4. The molecular weight excluding hydrogens is 208 g/mol. The lowest BCUT2D eigenvalue weighted by Gasteiger charge is -2.23. The van der Waals surface area contributed by atoms with Crippen LogP contribution in [0.15, 0.2) is 30.3 Å². The lowest BCUT2D eigenvalue weighted by atomic mass is 10.0. The van der Waals surface area contributed by atoms with Crippen molar-refractivity contribution < 1.29 is 19.7 Å². The number of ether oxygens (including phenoxy) is 1. The van der Waals surface area contributed by atoms with Gasteiger partial charge in [-0.15, -0.1) is 0 Å². The minimum Gasteiger partial charge on any atom is -0.424 e. The first-order valence-electron chi connectivity index (χ1n) is 5.31. The number of aliphatic hydroxyl groups is 2. The molecule has 2 atom stereocenters. The summed E-state index contributed by atoms with van der Waals surface area (Å²) in [6, 6.07) is 8.52. The molecule has 0 radical (unpaired) electrons. The maximum atomic E-state index is 11.7. The van der Waals surface area contributed by atoms with Crippen molar-refractivity contribution in [1.82, 2.24) is 0 Å². The molecule has 0 saturated heterocycles. The van der Waals surface area contributed by atoms with E-state index in [4.69, 9.17) is 4.74 Å². The van der Waals surface area contributed by atoms with Gasteiger partial charge in [0.25, 0.3) is 0 Å². The SMILES string of the molecule is O=C(Oc1ccccc1)[C@]1(O)CCC[C@H]1O. The van der Waals surface area contributed by atoms with Gasteiger partial charge >= 0.3 is 5.97 Å². The molecule has 1 saturated carbocycles. The lowest BCUT2D eigenvalue weighted by molar-refractivity contribution is -0.164. The summed E-state index contributed by atoms with van der Waals surface area (Å²) in [5, 5.41) is 19.5. The molecule has 16 heavy (non-hydrogen) atoms. The number of carbonyl (C=O) groups excluding carboxylic acids is 1. The molecule has 86 valence electrons. The van der Waals surface area contributed by atoms with E-state index >= 15 is 0 Å². The molecule has 1 fully saturated rings. The molecule has 4 nitrogen and oxygen atoms in total. The highest BCUT2D eigenvalue weighted by Crippen LogP contribution is 2.31. The normalized spacial score (nSPS) is 29.0. The van der Waals surface area contributed by atoms with Crippen LogP contribution in [0.4, 0.5) is 0 Å². The van der Waals surface area contributed by atoms with E-state index in [1.165, 1.54) is 0 Å². The third kappa shape index (κ3) is 1.94. The quantitative estimate of drug-likeness (QED) is 0.575. The number of para-hydroxylation sites is 1. The summed E-state index contributed by atoms with van der Waals surface area (Å²) in [6.07, 6.45) is 0.283. The van der Waals surface area contributed by atoms with Crippen molar-refractivity contribution in [2.45, 2.75) is 31.0 Å². The molecule has 0 bridgehead atoms. The highest BCUT2D eigenvalue weighted by atomic mass is 16.6. The van der Waals surface area contributed by atoms with Crippen LogP contribution in [-0.4, -0.2) is 27.9 Å². The van der Waals surface area contributed by atoms with Gasteiger partial charge in [0.2, 0.25) is 0 Å². The van der Waals surface area contributed by atoms with E-state index in [0.29, 0.717) is 18.6 Å². The van der Waals surface area contributed by atoms with Crippen LogP contribution < -0.4 is 4.74 Å². The molecule has 1 aliphatic carbocycles. The van der Waals surface area contributed by atoms with E-state index in [1.807, 2.05) is 0 Å². The van der Waals surface area contributed by atoms with Gasteiger partial charge in [-0.05, 0) is 31.4 Å². The maximum absolute atomic E-state index is 11.7. The topological polar surface area (TPSA) is 66.8 Å². The first kappa shape index (κ1) is 11.1. The van der Waals surface area contributed by atoms with Crippen molar-refractivity contribution in [3.05, 3.63) is 30.3 Å². The third-order valence-corrected chi connectivity index (χ3v) is 2.89. The molecule has 0 amide bonds. The molecule has 2 N–H and O–H groups in total. The summed E-state index contributed by atoms with van der Waals surface area (Å²) < 4.78 is 5.02. The van der Waals surface area contributed by atoms with Crippen molar-refractivity contribution in [2.75, 3.05) is 0 Å². The second-order valence-corrected chi connectivity index (χ2v) is 4.03. The molecular formula is C12H14O4. The Balaban J connectivity index is 2.09. The van der Waals surface area contributed by atoms with E-state index in [9.17, 15) is 15.0 Å². The van der Waals surface area contributed by atoms with E-state index in [2.05, 4.69) is 0 Å². The van der Waals surface area contributed by atoms with Crippen molar-refractivity contribution >= 4 is 5.97 Å². The van der Waals surface area contributed by atoms with Crippen molar-refractivity contribution in [3.8, 4) is 5.75 Å². The van der Waals surface area contributed by atoms with Crippen LogP contribution in [0.25, 0.3) is 0 Å². The maximum Gasteiger partial charge on any atom is 0.346 e. The largest absolute Gasteiger partial charge is 0.424 e. The Morgan fingerprint density at radius 3 is 2.62 bits per heavy atom. The Morgan fingerprint density at radius 1 is 1.38 bits per heavy atom. The van der Waals surface area contributed by atoms with Crippen LogP contribution in [0.1, 0.15) is 19.3 Å². The van der Waals surface area contributed by atoms with Gasteiger partial charge in [-0.3, -0.25) is 0 Å². The zero-order chi connectivity index (χ0) is 11.6. The van der Waals surface area contributed by atoms with Gasteiger partial charge in [0.1, 0.15) is 5.75 Å². The smallest absolute Gasteiger partial charge is 0.346 e. The van der Waals surface area contributed by atoms with E-state index in [0.717, 1.165) is 0 Å². The molecule has 0 unspecified atom stereocenters. The van der Waals surface area contributed by atoms with Gasteiger partial charge in [-0.1, -0.05) is 18.2 Å². The number of carbonyl (C=O) groups is 1. The van der Waals surface area contributed by atoms with E-state index < -0.39 is 17.7 Å². The zero-order valence-corrected chi connectivity index (χ0v) is 8.80. The predicted molar refractivity (Wildman–Crippen MR) is 56.9 cm³/mol. The van der Waals surface area contributed by atoms with E-state index in [-0.39, 0.29) is 6.42 Å². The number of rotatable bonds is 2. The molecule has 0 aliphatic heterocycles. The van der Waals surface area contributed by atoms with Crippen LogP contribution in [0.3, 0.4) is 0 Å². The van der Waals surface area contributed by atoms with Gasteiger partial charge in [0.05, 0.1) is 6.10 Å². The van der Waals surface area contributed by atoms with Crippen molar-refractivity contribution in [3.63, 3.8) is 0 Å². The monoisotopic (exact) mass is 222 g/mol. The molecule has 2 rings (SSSR count). The van der Waals surface area contributed by atoms with Crippen molar-refractivity contribution in [1.29, 1.82) is 0 Å². The molecule has 0 heterocycles. The fourth-order valence-electron chi connectivity index (χ4n) is 1.89. The van der Waals surface area contributed by atoms with Gasteiger partial charge in [0, 0.05) is 0 Å². The third-order valence-electron chi connectivity index (χ3n) is 2.89. The Morgan fingerprint density at radius 2 is 2.06 bits per heavy atom. The number of esters is 1. The van der Waals surface area contributed by atoms with Crippen LogP contribution in [-0.2, 0) is 4.79 Å². The molecule has 1 aromatic rings. The first-order valence-corrected chi connectivity index (χ1v) is 5.31. The van der Waals surface area contributed by atoms with Crippen LogP contribution >= 0.6 is 0 Å². The highest BCUT2D eigenvalue weighted by molar-refractivity contribution is 5.82. The van der Waals surface area contributed by atoms with E-state index in [1.54, 1.807) is 30.3 Å². The van der Waals surface area contributed by atoms with Crippen LogP contribution in [0.5, 0.6) is 5.75 Å². The molecule has 1 aliphatic rings. The second kappa shape index (κ2) is 4.23.